The van der Waals surface area contributed by atoms with Crippen molar-refractivity contribution in [3.63, 3.8) is 0 Å². The molecule has 0 aromatic rings. The predicted molar refractivity (Wildman–Crippen MR) is 64.2 cm³/mol. The van der Waals surface area contributed by atoms with Gasteiger partial charge in [0, 0.05) is 13.2 Å². The zero-order chi connectivity index (χ0) is 11.7. The van der Waals surface area contributed by atoms with E-state index in [1.165, 1.54) is 0 Å². The largest absolute Gasteiger partial charge is 0.394 e. The van der Waals surface area contributed by atoms with Crippen molar-refractivity contribution in [2.75, 3.05) is 13.2 Å². The lowest BCUT2D eigenvalue weighted by atomic mass is 10.3. The van der Waals surface area contributed by atoms with Gasteiger partial charge in [0.2, 0.25) is 0 Å². The van der Waals surface area contributed by atoms with Crippen molar-refractivity contribution in [2.24, 2.45) is 0 Å². The third-order valence-corrected chi connectivity index (χ3v) is 6.69. The first-order chi connectivity index (χ1) is 7.20. The van der Waals surface area contributed by atoms with Crippen LogP contribution in [0.1, 0.15) is 40.5 Å². The van der Waals surface area contributed by atoms with Crippen LogP contribution in [0.2, 0.25) is 11.6 Å². The fraction of sp³-hybridized carbons (Fsp3) is 0.909. The maximum Gasteiger partial charge on any atom is 0.348 e. The van der Waals surface area contributed by atoms with Crippen LogP contribution in [0, 0.1) is 0 Å². The minimum Gasteiger partial charge on any atom is -0.394 e. The Morgan fingerprint density at radius 1 is 1.13 bits per heavy atom. The van der Waals surface area contributed by atoms with Crippen LogP contribution in [0.3, 0.4) is 0 Å². The molecule has 0 aliphatic carbocycles. The van der Waals surface area contributed by atoms with Crippen LogP contribution in [-0.2, 0) is 13.6 Å². The number of carbonyl (C=O) groups is 1. The van der Waals surface area contributed by atoms with E-state index in [2.05, 4.69) is 13.8 Å². The van der Waals surface area contributed by atoms with Crippen molar-refractivity contribution in [3.8, 4) is 0 Å². The second-order valence-corrected chi connectivity index (χ2v) is 7.21. The average Bonchev–Trinajstić information content (AvgIpc) is 2.25. The highest BCUT2D eigenvalue weighted by Crippen LogP contribution is 2.30. The lowest BCUT2D eigenvalue weighted by Crippen LogP contribution is -2.47. The number of rotatable bonds is 9. The molecule has 0 N–H and O–H groups in total. The molecule has 0 aliphatic heterocycles. The Morgan fingerprint density at radius 2 is 1.67 bits per heavy atom. The van der Waals surface area contributed by atoms with E-state index in [0.717, 1.165) is 25.2 Å². The van der Waals surface area contributed by atoms with Crippen molar-refractivity contribution in [1.82, 2.24) is 0 Å². The average molecular weight is 232 g/mol. The summed E-state index contributed by atoms with van der Waals surface area (Å²) in [6.07, 6.45) is 2.91. The van der Waals surface area contributed by atoms with Gasteiger partial charge in [-0.3, -0.25) is 0 Å². The fourth-order valence-corrected chi connectivity index (χ4v) is 5.27. The molecule has 0 radical (unpaired) electrons. The smallest absolute Gasteiger partial charge is 0.348 e. The molecular weight excluding hydrogens is 208 g/mol. The molecule has 0 saturated heterocycles. The topological polar surface area (TPSA) is 35.5 Å². The van der Waals surface area contributed by atoms with Gasteiger partial charge in [0.05, 0.1) is 5.54 Å². The van der Waals surface area contributed by atoms with Crippen LogP contribution in [0.4, 0.5) is 0 Å². The minimum absolute atomic E-state index is 0.0209. The van der Waals surface area contributed by atoms with Gasteiger partial charge < -0.3 is 13.6 Å². The van der Waals surface area contributed by atoms with E-state index in [0.29, 0.717) is 13.2 Å². The Morgan fingerprint density at radius 3 is 1.93 bits per heavy atom. The summed E-state index contributed by atoms with van der Waals surface area (Å²) in [5.74, 6) is 0. The van der Waals surface area contributed by atoms with Crippen molar-refractivity contribution in [1.29, 1.82) is 0 Å². The van der Waals surface area contributed by atoms with E-state index in [9.17, 15) is 4.79 Å². The molecule has 0 saturated carbocycles. The van der Waals surface area contributed by atoms with Gasteiger partial charge >= 0.3 is 8.56 Å². The number of hydrogen-bond acceptors (Lipinski definition) is 3. The second kappa shape index (κ2) is 8.02. The molecule has 0 spiro atoms. The molecule has 0 aromatic heterocycles. The van der Waals surface area contributed by atoms with Gasteiger partial charge in [-0.05, 0) is 26.3 Å². The van der Waals surface area contributed by atoms with Crippen LogP contribution in [-0.4, -0.2) is 28.1 Å². The maximum absolute atomic E-state index is 11.1. The Kier molecular flexibility index (Phi) is 7.91. The number of carbonyl (C=O) groups excluding carboxylic acids is 1. The summed E-state index contributed by atoms with van der Waals surface area (Å²) in [7, 11) is -2.29. The van der Waals surface area contributed by atoms with E-state index in [4.69, 9.17) is 8.85 Å². The van der Waals surface area contributed by atoms with Gasteiger partial charge in [-0.2, -0.15) is 0 Å². The SMILES string of the molecule is CCCC(C=O)[Si](CC)(OCC)OCC. The first-order valence-electron chi connectivity index (χ1n) is 5.93. The van der Waals surface area contributed by atoms with Gasteiger partial charge in [0.15, 0.2) is 0 Å². The summed E-state index contributed by atoms with van der Waals surface area (Å²) in [6.45, 7) is 9.34. The van der Waals surface area contributed by atoms with Gasteiger partial charge in [0.1, 0.15) is 6.29 Å². The standard InChI is InChI=1S/C11H24O3Si/c1-5-9-11(10-12)15(8-4,13-6-2)14-7-3/h10-11H,5-9H2,1-4H3. The Hall–Kier alpha value is -0.193. The third kappa shape index (κ3) is 4.05. The van der Waals surface area contributed by atoms with Crippen molar-refractivity contribution < 1.29 is 13.6 Å². The highest BCUT2D eigenvalue weighted by atomic mass is 28.4. The minimum atomic E-state index is -2.29. The van der Waals surface area contributed by atoms with Gasteiger partial charge in [-0.25, -0.2) is 0 Å². The summed E-state index contributed by atoms with van der Waals surface area (Å²) >= 11 is 0. The van der Waals surface area contributed by atoms with Crippen LogP contribution in [0.25, 0.3) is 0 Å². The highest BCUT2D eigenvalue weighted by Gasteiger charge is 2.43. The monoisotopic (exact) mass is 232 g/mol. The molecule has 0 aromatic carbocycles. The molecular formula is C11H24O3Si. The van der Waals surface area contributed by atoms with Gasteiger partial charge in [-0.1, -0.05) is 20.3 Å². The fourth-order valence-electron chi connectivity index (χ4n) is 1.91. The first kappa shape index (κ1) is 14.8. The van der Waals surface area contributed by atoms with Gasteiger partial charge in [-0.15, -0.1) is 0 Å². The zero-order valence-corrected chi connectivity index (χ0v) is 11.4. The Bertz CT molecular complexity index is 167. The summed E-state index contributed by atoms with van der Waals surface area (Å²) in [5.41, 5.74) is -0.0209. The molecule has 15 heavy (non-hydrogen) atoms. The van der Waals surface area contributed by atoms with E-state index in [1.807, 2.05) is 13.8 Å². The summed E-state index contributed by atoms with van der Waals surface area (Å²) < 4.78 is 11.6. The molecule has 1 unspecified atom stereocenters. The molecule has 0 heterocycles. The third-order valence-electron chi connectivity index (χ3n) is 2.60. The predicted octanol–water partition coefficient (Wildman–Crippen LogP) is 2.89. The molecule has 0 aliphatic rings. The quantitative estimate of drug-likeness (QED) is 0.453. The van der Waals surface area contributed by atoms with Crippen LogP contribution in [0.5, 0.6) is 0 Å². The van der Waals surface area contributed by atoms with Crippen LogP contribution < -0.4 is 0 Å². The molecule has 1 atom stereocenters. The molecule has 0 rings (SSSR count). The summed E-state index contributed by atoms with van der Waals surface area (Å²) in [4.78, 5) is 11.1. The summed E-state index contributed by atoms with van der Waals surface area (Å²) in [5, 5.41) is 0. The van der Waals surface area contributed by atoms with Crippen molar-refractivity contribution >= 4 is 14.8 Å². The first-order valence-corrected chi connectivity index (χ1v) is 8.03. The van der Waals surface area contributed by atoms with E-state index in [1.54, 1.807) is 0 Å². The normalized spacial score (nSPS) is 13.9. The van der Waals surface area contributed by atoms with Crippen molar-refractivity contribution in [3.05, 3.63) is 0 Å². The van der Waals surface area contributed by atoms with E-state index in [-0.39, 0.29) is 5.54 Å². The van der Waals surface area contributed by atoms with Crippen LogP contribution >= 0.6 is 0 Å². The highest BCUT2D eigenvalue weighted by molar-refractivity contribution is 6.71. The molecule has 0 fully saturated rings. The van der Waals surface area contributed by atoms with E-state index >= 15 is 0 Å². The maximum atomic E-state index is 11.1. The number of aldehydes is 1. The number of hydrogen-bond donors (Lipinski definition) is 0. The molecule has 0 bridgehead atoms. The zero-order valence-electron chi connectivity index (χ0n) is 10.4. The van der Waals surface area contributed by atoms with Crippen molar-refractivity contribution in [2.45, 2.75) is 52.1 Å². The second-order valence-electron chi connectivity index (χ2n) is 3.56. The Labute approximate surface area is 94.4 Å². The molecule has 90 valence electrons. The lowest BCUT2D eigenvalue weighted by Gasteiger charge is -2.33. The molecule has 3 nitrogen and oxygen atoms in total. The summed E-state index contributed by atoms with van der Waals surface area (Å²) in [6, 6.07) is 0.845. The Balaban J connectivity index is 4.73. The molecule has 0 amide bonds. The van der Waals surface area contributed by atoms with Crippen LogP contribution in [0.15, 0.2) is 0 Å². The molecule has 4 heteroatoms. The van der Waals surface area contributed by atoms with Gasteiger partial charge in [0.25, 0.3) is 0 Å². The van der Waals surface area contributed by atoms with E-state index < -0.39 is 8.56 Å². The lowest BCUT2D eigenvalue weighted by molar-refractivity contribution is -0.108.